The number of halogens is 1. The van der Waals surface area contributed by atoms with Gasteiger partial charge in [0.1, 0.15) is 5.82 Å². The van der Waals surface area contributed by atoms with Gasteiger partial charge in [0, 0.05) is 19.1 Å². The molecule has 6 heteroatoms. The molecule has 1 aliphatic heterocycles. The van der Waals surface area contributed by atoms with Crippen molar-refractivity contribution in [2.75, 3.05) is 13.1 Å². The Balaban J connectivity index is 2.36. The molecule has 2 N–H and O–H groups in total. The lowest BCUT2D eigenvalue weighted by molar-refractivity contribution is 0.155. The lowest BCUT2D eigenvalue weighted by Crippen LogP contribution is -2.53. The maximum Gasteiger partial charge on any atom is 0.243 e. The van der Waals surface area contributed by atoms with E-state index in [0.717, 1.165) is 0 Å². The van der Waals surface area contributed by atoms with Crippen molar-refractivity contribution >= 4 is 10.0 Å². The molecule has 1 heterocycles. The van der Waals surface area contributed by atoms with Gasteiger partial charge in [-0.15, -0.1) is 0 Å². The third-order valence-corrected chi connectivity index (χ3v) is 6.04. The highest BCUT2D eigenvalue weighted by atomic mass is 32.2. The van der Waals surface area contributed by atoms with Gasteiger partial charge in [0.25, 0.3) is 0 Å². The van der Waals surface area contributed by atoms with Crippen molar-refractivity contribution in [2.45, 2.75) is 38.1 Å². The van der Waals surface area contributed by atoms with Crippen molar-refractivity contribution in [3.05, 3.63) is 29.6 Å². The van der Waals surface area contributed by atoms with Gasteiger partial charge in [0.05, 0.1) is 4.90 Å². The first-order chi connectivity index (χ1) is 9.14. The van der Waals surface area contributed by atoms with Crippen LogP contribution < -0.4 is 5.73 Å². The molecular weight excluding hydrogens is 279 g/mol. The van der Waals surface area contributed by atoms with Crippen LogP contribution in [0, 0.1) is 18.2 Å². The fourth-order valence-corrected chi connectivity index (χ4v) is 4.40. The minimum Gasteiger partial charge on any atom is -0.327 e. The average molecular weight is 300 g/mol. The van der Waals surface area contributed by atoms with Crippen molar-refractivity contribution in [3.63, 3.8) is 0 Å². The molecule has 1 fully saturated rings. The largest absolute Gasteiger partial charge is 0.327 e. The molecule has 1 saturated heterocycles. The molecule has 0 aromatic heterocycles. The van der Waals surface area contributed by atoms with Crippen LogP contribution in [-0.4, -0.2) is 31.9 Å². The Morgan fingerprint density at radius 1 is 1.40 bits per heavy atom. The first kappa shape index (κ1) is 15.4. The number of rotatable bonds is 2. The second kappa shape index (κ2) is 5.09. The monoisotopic (exact) mass is 300 g/mol. The molecule has 1 aromatic carbocycles. The molecule has 0 spiro atoms. The van der Waals surface area contributed by atoms with Crippen LogP contribution in [-0.2, 0) is 10.0 Å². The van der Waals surface area contributed by atoms with E-state index in [0.29, 0.717) is 25.1 Å². The lowest BCUT2D eigenvalue weighted by Gasteiger charge is -2.41. The Morgan fingerprint density at radius 3 is 2.60 bits per heavy atom. The zero-order valence-electron chi connectivity index (χ0n) is 12.1. The first-order valence-corrected chi connectivity index (χ1v) is 8.10. The summed E-state index contributed by atoms with van der Waals surface area (Å²) in [6, 6.07) is 3.75. The molecule has 0 bridgehead atoms. The Morgan fingerprint density at radius 2 is 2.05 bits per heavy atom. The fraction of sp³-hybridized carbons (Fsp3) is 0.571. The molecule has 1 unspecified atom stereocenters. The molecule has 1 aliphatic rings. The lowest BCUT2D eigenvalue weighted by atomic mass is 9.81. The summed E-state index contributed by atoms with van der Waals surface area (Å²) in [5.41, 5.74) is 6.20. The number of piperidine rings is 1. The number of sulfonamides is 1. The summed E-state index contributed by atoms with van der Waals surface area (Å²) >= 11 is 0. The van der Waals surface area contributed by atoms with E-state index in [1.165, 1.54) is 22.5 Å². The van der Waals surface area contributed by atoms with E-state index < -0.39 is 15.8 Å². The van der Waals surface area contributed by atoms with E-state index in [2.05, 4.69) is 0 Å². The van der Waals surface area contributed by atoms with E-state index in [9.17, 15) is 12.8 Å². The van der Waals surface area contributed by atoms with Crippen LogP contribution in [0.15, 0.2) is 23.1 Å². The molecule has 1 aromatic rings. The van der Waals surface area contributed by atoms with Gasteiger partial charge in [-0.1, -0.05) is 13.8 Å². The minimum atomic E-state index is -3.59. The highest BCUT2D eigenvalue weighted by Crippen LogP contribution is 2.32. The second-order valence-corrected chi connectivity index (χ2v) is 8.04. The molecule has 0 radical (unpaired) electrons. The summed E-state index contributed by atoms with van der Waals surface area (Å²) in [4.78, 5) is 0.171. The quantitative estimate of drug-likeness (QED) is 0.907. The zero-order chi connectivity index (χ0) is 15.1. The van der Waals surface area contributed by atoms with Crippen molar-refractivity contribution in [2.24, 2.45) is 11.1 Å². The summed E-state index contributed by atoms with van der Waals surface area (Å²) < 4.78 is 39.9. The highest BCUT2D eigenvalue weighted by Gasteiger charge is 2.39. The molecular formula is C14H21FN2O2S. The van der Waals surface area contributed by atoms with Gasteiger partial charge in [-0.05, 0) is 42.5 Å². The Labute approximate surface area is 119 Å². The summed E-state index contributed by atoms with van der Waals surface area (Å²) in [5, 5.41) is 0. The normalized spacial score (nSPS) is 23.8. The van der Waals surface area contributed by atoms with Gasteiger partial charge in [-0.3, -0.25) is 0 Å². The maximum absolute atomic E-state index is 13.1. The Hall–Kier alpha value is -0.980. The van der Waals surface area contributed by atoms with E-state index in [1.54, 1.807) is 6.92 Å². The van der Waals surface area contributed by atoms with Gasteiger partial charge in [-0.25, -0.2) is 12.8 Å². The van der Waals surface area contributed by atoms with Gasteiger partial charge < -0.3 is 5.73 Å². The van der Waals surface area contributed by atoms with Crippen LogP contribution in [0.5, 0.6) is 0 Å². The third-order valence-electron chi connectivity index (χ3n) is 4.03. The number of hydrogen-bond donors (Lipinski definition) is 1. The van der Waals surface area contributed by atoms with Crippen molar-refractivity contribution in [1.82, 2.24) is 4.31 Å². The molecule has 0 amide bonds. The molecule has 4 nitrogen and oxygen atoms in total. The molecule has 0 aliphatic carbocycles. The van der Waals surface area contributed by atoms with Gasteiger partial charge >= 0.3 is 0 Å². The van der Waals surface area contributed by atoms with Crippen molar-refractivity contribution in [1.29, 1.82) is 0 Å². The highest BCUT2D eigenvalue weighted by molar-refractivity contribution is 7.89. The molecule has 2 rings (SSSR count). The van der Waals surface area contributed by atoms with Crippen LogP contribution in [0.4, 0.5) is 4.39 Å². The minimum absolute atomic E-state index is 0.0109. The van der Waals surface area contributed by atoms with E-state index in [1.807, 2.05) is 13.8 Å². The standard InChI is InChI=1S/C14H21FN2O2S/c1-10-8-11(15)4-5-12(10)20(18,19)17-7-6-13(16)14(2,3)9-17/h4-5,8,13H,6-7,9,16H2,1-3H3. The number of aryl methyl sites for hydroxylation is 1. The average Bonchev–Trinajstić information content (AvgIpc) is 2.31. The molecule has 20 heavy (non-hydrogen) atoms. The number of nitrogens with zero attached hydrogens (tertiary/aromatic N) is 1. The predicted molar refractivity (Wildman–Crippen MR) is 76.3 cm³/mol. The number of benzene rings is 1. The Bertz CT molecular complexity index is 614. The van der Waals surface area contributed by atoms with E-state index >= 15 is 0 Å². The van der Waals surface area contributed by atoms with Crippen LogP contribution in [0.3, 0.4) is 0 Å². The van der Waals surface area contributed by atoms with Crippen LogP contribution in [0.25, 0.3) is 0 Å². The molecule has 112 valence electrons. The maximum atomic E-state index is 13.1. The van der Waals surface area contributed by atoms with Gasteiger partial charge in [0.15, 0.2) is 0 Å². The summed E-state index contributed by atoms with van der Waals surface area (Å²) in [6.45, 7) is 6.33. The third kappa shape index (κ3) is 2.73. The predicted octanol–water partition coefficient (Wildman–Crippen LogP) is 1.88. The van der Waals surface area contributed by atoms with E-state index in [4.69, 9.17) is 5.73 Å². The smallest absolute Gasteiger partial charge is 0.243 e. The summed E-state index contributed by atoms with van der Waals surface area (Å²) in [6.07, 6.45) is 0.631. The summed E-state index contributed by atoms with van der Waals surface area (Å²) in [7, 11) is -3.59. The first-order valence-electron chi connectivity index (χ1n) is 6.66. The topological polar surface area (TPSA) is 63.4 Å². The zero-order valence-corrected chi connectivity index (χ0v) is 12.9. The summed E-state index contributed by atoms with van der Waals surface area (Å²) in [5.74, 6) is -0.428. The Kier molecular flexibility index (Phi) is 3.92. The van der Waals surface area contributed by atoms with E-state index in [-0.39, 0.29) is 16.4 Å². The molecule has 1 atom stereocenters. The van der Waals surface area contributed by atoms with Crippen molar-refractivity contribution in [3.8, 4) is 0 Å². The van der Waals surface area contributed by atoms with Crippen LogP contribution >= 0.6 is 0 Å². The van der Waals surface area contributed by atoms with Crippen LogP contribution in [0.1, 0.15) is 25.8 Å². The van der Waals surface area contributed by atoms with Gasteiger partial charge in [-0.2, -0.15) is 4.31 Å². The SMILES string of the molecule is Cc1cc(F)ccc1S(=O)(=O)N1CCC(N)C(C)(C)C1. The molecule has 0 saturated carbocycles. The van der Waals surface area contributed by atoms with Crippen molar-refractivity contribution < 1.29 is 12.8 Å². The second-order valence-electron chi connectivity index (χ2n) is 6.13. The number of hydrogen-bond acceptors (Lipinski definition) is 3. The van der Waals surface area contributed by atoms with Crippen LogP contribution in [0.2, 0.25) is 0 Å². The number of nitrogens with two attached hydrogens (primary N) is 1. The van der Waals surface area contributed by atoms with Gasteiger partial charge in [0.2, 0.25) is 10.0 Å². The fourth-order valence-electron chi connectivity index (χ4n) is 2.57.